The van der Waals surface area contributed by atoms with Gasteiger partial charge in [-0.25, -0.2) is 4.79 Å². The van der Waals surface area contributed by atoms with E-state index >= 15 is 0 Å². The number of benzene rings is 1. The van der Waals surface area contributed by atoms with Crippen molar-refractivity contribution in [1.82, 2.24) is 10.6 Å². The van der Waals surface area contributed by atoms with Gasteiger partial charge < -0.3 is 20.5 Å². The van der Waals surface area contributed by atoms with Crippen molar-refractivity contribution in [3.63, 3.8) is 0 Å². The molecule has 1 atom stereocenters. The van der Waals surface area contributed by atoms with Crippen molar-refractivity contribution in [2.45, 2.75) is 12.0 Å². The van der Waals surface area contributed by atoms with Crippen LogP contribution in [0.1, 0.15) is 16.8 Å². The van der Waals surface area contributed by atoms with E-state index in [9.17, 15) is 29.6 Å². The van der Waals surface area contributed by atoms with Crippen molar-refractivity contribution in [1.29, 1.82) is 0 Å². The van der Waals surface area contributed by atoms with Crippen LogP contribution in [0.3, 0.4) is 0 Å². The molecule has 134 valence electrons. The summed E-state index contributed by atoms with van der Waals surface area (Å²) >= 11 is 5.82. The molecule has 1 aliphatic heterocycles. The Morgan fingerprint density at radius 2 is 2.12 bits per heavy atom. The molecule has 0 aromatic heterocycles. The lowest BCUT2D eigenvalue weighted by molar-refractivity contribution is -0.385. The van der Waals surface area contributed by atoms with E-state index in [0.717, 1.165) is 6.07 Å². The number of nitro groups is 1. The quantitative estimate of drug-likeness (QED) is 0.482. The van der Waals surface area contributed by atoms with Crippen molar-refractivity contribution in [2.24, 2.45) is 0 Å². The van der Waals surface area contributed by atoms with Gasteiger partial charge in [-0.2, -0.15) is 0 Å². The van der Waals surface area contributed by atoms with E-state index in [1.165, 1.54) is 12.1 Å². The maximum absolute atomic E-state index is 12.1. The summed E-state index contributed by atoms with van der Waals surface area (Å²) < 4.78 is 5.00. The number of carbonyl (C=O) groups is 3. The number of rotatable bonds is 6. The third-order valence-corrected chi connectivity index (χ3v) is 3.95. The minimum atomic E-state index is -1.54. The Morgan fingerprint density at radius 1 is 1.40 bits per heavy atom. The summed E-state index contributed by atoms with van der Waals surface area (Å²) in [4.78, 5) is 45.6. The van der Waals surface area contributed by atoms with Crippen LogP contribution in [0.15, 0.2) is 18.2 Å². The number of nitrogens with one attached hydrogen (secondary N) is 2. The SMILES string of the molecule is O=C(CNC(=O)c1c(Cl)cccc1[N+](=O)[O-])NC1(C(=O)O)CCOC1. The number of hydrogen-bond donors (Lipinski definition) is 3. The van der Waals surface area contributed by atoms with Crippen LogP contribution >= 0.6 is 11.6 Å². The Morgan fingerprint density at radius 3 is 2.68 bits per heavy atom. The van der Waals surface area contributed by atoms with Gasteiger partial charge in [0.1, 0.15) is 5.56 Å². The minimum Gasteiger partial charge on any atom is -0.479 e. The van der Waals surface area contributed by atoms with Gasteiger partial charge in [0, 0.05) is 19.1 Å². The van der Waals surface area contributed by atoms with Crippen molar-refractivity contribution in [2.75, 3.05) is 19.8 Å². The van der Waals surface area contributed by atoms with Crippen molar-refractivity contribution in [3.05, 3.63) is 38.9 Å². The van der Waals surface area contributed by atoms with E-state index in [4.69, 9.17) is 16.3 Å². The lowest BCUT2D eigenvalue weighted by Crippen LogP contribution is -2.57. The molecule has 0 radical (unpaired) electrons. The Balaban J connectivity index is 2.04. The lowest BCUT2D eigenvalue weighted by Gasteiger charge is -2.23. The zero-order valence-electron chi connectivity index (χ0n) is 12.8. The predicted octanol–water partition coefficient (Wildman–Crippen LogP) is 0.338. The Bertz CT molecular complexity index is 731. The summed E-state index contributed by atoms with van der Waals surface area (Å²) in [6.45, 7) is -0.570. The van der Waals surface area contributed by atoms with Crippen molar-refractivity contribution >= 4 is 35.1 Å². The summed E-state index contributed by atoms with van der Waals surface area (Å²) in [5.74, 6) is -2.93. The highest BCUT2D eigenvalue weighted by Crippen LogP contribution is 2.26. The summed E-state index contributed by atoms with van der Waals surface area (Å²) in [7, 11) is 0. The number of ether oxygens (including phenoxy) is 1. The highest BCUT2D eigenvalue weighted by Gasteiger charge is 2.43. The van der Waals surface area contributed by atoms with Crippen molar-refractivity contribution < 1.29 is 29.2 Å². The number of hydrogen-bond acceptors (Lipinski definition) is 6. The minimum absolute atomic E-state index is 0.0952. The lowest BCUT2D eigenvalue weighted by atomic mass is 9.99. The molecule has 0 aliphatic carbocycles. The van der Waals surface area contributed by atoms with Gasteiger partial charge in [-0.1, -0.05) is 17.7 Å². The van der Waals surface area contributed by atoms with Gasteiger partial charge in [0.2, 0.25) is 5.91 Å². The number of amides is 2. The Labute approximate surface area is 146 Å². The van der Waals surface area contributed by atoms with Crippen LogP contribution in [-0.2, 0) is 14.3 Å². The number of aliphatic carboxylic acids is 1. The fourth-order valence-electron chi connectivity index (χ4n) is 2.34. The molecule has 2 amide bonds. The molecule has 25 heavy (non-hydrogen) atoms. The topological polar surface area (TPSA) is 148 Å². The first-order chi connectivity index (χ1) is 11.8. The molecule has 1 aromatic carbocycles. The second-order valence-electron chi connectivity index (χ2n) is 5.31. The molecule has 1 unspecified atom stereocenters. The van der Waals surface area contributed by atoms with Gasteiger partial charge in [0.25, 0.3) is 11.6 Å². The second-order valence-corrected chi connectivity index (χ2v) is 5.72. The molecule has 10 nitrogen and oxygen atoms in total. The van der Waals surface area contributed by atoms with Crippen LogP contribution in [0.4, 0.5) is 5.69 Å². The molecular formula is C14H14ClN3O7. The average molecular weight is 372 g/mol. The summed E-state index contributed by atoms with van der Waals surface area (Å²) in [6, 6.07) is 3.73. The molecule has 2 rings (SSSR count). The van der Waals surface area contributed by atoms with Crippen molar-refractivity contribution in [3.8, 4) is 0 Å². The fraction of sp³-hybridized carbons (Fsp3) is 0.357. The number of nitrogens with zero attached hydrogens (tertiary/aromatic N) is 1. The van der Waals surface area contributed by atoms with Crippen LogP contribution in [-0.4, -0.2) is 53.1 Å². The molecular weight excluding hydrogens is 358 g/mol. The molecule has 1 heterocycles. The zero-order valence-corrected chi connectivity index (χ0v) is 13.5. The van der Waals surface area contributed by atoms with Crippen LogP contribution in [0, 0.1) is 10.1 Å². The maximum Gasteiger partial charge on any atom is 0.331 e. The number of halogens is 1. The third-order valence-electron chi connectivity index (χ3n) is 3.63. The smallest absolute Gasteiger partial charge is 0.331 e. The Kier molecular flexibility index (Phi) is 5.55. The standard InChI is InChI=1S/C14H14ClN3O7/c15-8-2-1-3-9(18(23)24)11(8)12(20)16-6-10(19)17-14(13(21)22)4-5-25-7-14/h1-3H,4-7H2,(H,16,20)(H,17,19)(H,21,22). The highest BCUT2D eigenvalue weighted by molar-refractivity contribution is 6.34. The molecule has 1 aromatic rings. The molecule has 0 saturated carbocycles. The maximum atomic E-state index is 12.1. The first kappa shape index (κ1) is 18.6. The average Bonchev–Trinajstić information content (AvgIpc) is 3.02. The Hall–Kier alpha value is -2.72. The van der Waals surface area contributed by atoms with E-state index in [1.54, 1.807) is 0 Å². The monoisotopic (exact) mass is 371 g/mol. The van der Waals surface area contributed by atoms with Gasteiger partial charge in [-0.3, -0.25) is 19.7 Å². The first-order valence-electron chi connectivity index (χ1n) is 7.10. The molecule has 1 fully saturated rings. The zero-order chi connectivity index (χ0) is 18.6. The molecule has 0 spiro atoms. The number of carbonyl (C=O) groups excluding carboxylic acids is 2. The van der Waals surface area contributed by atoms with Crippen LogP contribution in [0.5, 0.6) is 0 Å². The van der Waals surface area contributed by atoms with E-state index in [2.05, 4.69) is 10.6 Å². The predicted molar refractivity (Wildman–Crippen MR) is 84.4 cm³/mol. The molecule has 1 aliphatic rings. The number of nitro benzene ring substituents is 1. The number of carboxylic acid groups (broad SMARTS) is 1. The molecule has 11 heteroatoms. The first-order valence-corrected chi connectivity index (χ1v) is 7.48. The summed E-state index contributed by atoms with van der Waals surface area (Å²) in [5, 5.41) is 24.6. The van der Waals surface area contributed by atoms with E-state index in [-0.39, 0.29) is 30.2 Å². The van der Waals surface area contributed by atoms with Gasteiger partial charge in [0.15, 0.2) is 5.54 Å². The van der Waals surface area contributed by atoms with Gasteiger partial charge >= 0.3 is 5.97 Å². The summed E-state index contributed by atoms with van der Waals surface area (Å²) in [6.07, 6.45) is 0.0952. The van der Waals surface area contributed by atoms with Gasteiger partial charge in [-0.05, 0) is 6.07 Å². The fourth-order valence-corrected chi connectivity index (χ4v) is 2.59. The van der Waals surface area contributed by atoms with E-state index in [0.29, 0.717) is 0 Å². The van der Waals surface area contributed by atoms with E-state index < -0.39 is 40.5 Å². The molecule has 3 N–H and O–H groups in total. The third kappa shape index (κ3) is 4.03. The van der Waals surface area contributed by atoms with E-state index in [1.807, 2.05) is 0 Å². The number of carboxylic acids is 1. The van der Waals surface area contributed by atoms with Crippen LogP contribution in [0.2, 0.25) is 5.02 Å². The summed E-state index contributed by atoms with van der Waals surface area (Å²) in [5.41, 5.74) is -2.42. The molecule has 0 bridgehead atoms. The van der Waals surface area contributed by atoms with Gasteiger partial charge in [-0.15, -0.1) is 0 Å². The van der Waals surface area contributed by atoms with Crippen LogP contribution < -0.4 is 10.6 Å². The van der Waals surface area contributed by atoms with Crippen LogP contribution in [0.25, 0.3) is 0 Å². The largest absolute Gasteiger partial charge is 0.479 e. The highest BCUT2D eigenvalue weighted by atomic mass is 35.5. The van der Waals surface area contributed by atoms with Gasteiger partial charge in [0.05, 0.1) is 23.1 Å². The second kappa shape index (κ2) is 7.45. The molecule has 1 saturated heterocycles. The normalized spacial score (nSPS) is 19.2.